The van der Waals surface area contributed by atoms with Gasteiger partial charge in [-0.3, -0.25) is 0 Å². The van der Waals surface area contributed by atoms with Crippen molar-refractivity contribution in [2.24, 2.45) is 0 Å². The van der Waals surface area contributed by atoms with Gasteiger partial charge >= 0.3 is 0 Å². The summed E-state index contributed by atoms with van der Waals surface area (Å²) in [6, 6.07) is 15.7. The van der Waals surface area contributed by atoms with Crippen molar-refractivity contribution in [3.63, 3.8) is 0 Å². The van der Waals surface area contributed by atoms with Gasteiger partial charge in [-0.25, -0.2) is 4.98 Å². The summed E-state index contributed by atoms with van der Waals surface area (Å²) < 4.78 is 5.48. The molecule has 2 fully saturated rings. The largest absolute Gasteiger partial charge is 0.382 e. The van der Waals surface area contributed by atoms with E-state index in [4.69, 9.17) is 9.72 Å². The maximum atomic E-state index is 5.48. The predicted octanol–water partition coefficient (Wildman–Crippen LogP) is 2.83. The zero-order valence-corrected chi connectivity index (χ0v) is 16.2. The Kier molecular flexibility index (Phi) is 5.65. The number of hydrogen-bond acceptors (Lipinski definition) is 4. The summed E-state index contributed by atoms with van der Waals surface area (Å²) in [4.78, 5) is 7.29. The Hall–Kier alpha value is -1.72. The number of nitrogens with one attached hydrogen (secondary N) is 1. The maximum absolute atomic E-state index is 5.48. The van der Waals surface area contributed by atoms with Gasteiger partial charge < -0.3 is 15.0 Å². The molecule has 1 aromatic carbocycles. The molecule has 0 spiro atoms. The van der Waals surface area contributed by atoms with Crippen LogP contribution in [0.2, 0.25) is 0 Å². The average molecular weight is 371 g/mol. The Morgan fingerprint density at radius 1 is 1.12 bits per heavy atom. The summed E-state index contributed by atoms with van der Waals surface area (Å²) in [5.74, 6) is 2.65. The molecule has 2 aliphatic rings. The van der Waals surface area contributed by atoms with E-state index in [0.717, 1.165) is 62.8 Å². The Bertz CT molecular complexity index is 712. The van der Waals surface area contributed by atoms with Crippen LogP contribution in [0, 0.1) is 0 Å². The highest BCUT2D eigenvalue weighted by Crippen LogP contribution is 2.32. The molecule has 0 aliphatic carbocycles. The van der Waals surface area contributed by atoms with Crippen molar-refractivity contribution in [3.8, 4) is 0 Å². The van der Waals surface area contributed by atoms with E-state index < -0.39 is 0 Å². The average Bonchev–Trinajstić information content (AvgIpc) is 2.62. The molecule has 5 heteroatoms. The van der Waals surface area contributed by atoms with Gasteiger partial charge in [0.15, 0.2) is 0 Å². The zero-order valence-electron chi connectivity index (χ0n) is 15.2. The number of aromatic nitrogens is 1. The fraction of sp³-hybridized carbons (Fsp3) is 0.476. The third-order valence-electron chi connectivity index (χ3n) is 5.31. The van der Waals surface area contributed by atoms with Crippen LogP contribution < -0.4 is 10.2 Å². The summed E-state index contributed by atoms with van der Waals surface area (Å²) in [6.07, 6.45) is 3.10. The van der Waals surface area contributed by atoms with E-state index in [-0.39, 0.29) is 0 Å². The fourth-order valence-electron chi connectivity index (χ4n) is 3.75. The Morgan fingerprint density at radius 3 is 2.62 bits per heavy atom. The van der Waals surface area contributed by atoms with Gasteiger partial charge in [-0.1, -0.05) is 30.3 Å². The third kappa shape index (κ3) is 4.15. The van der Waals surface area contributed by atoms with Crippen LogP contribution in [0.3, 0.4) is 0 Å². The zero-order chi connectivity index (χ0) is 17.8. The van der Waals surface area contributed by atoms with E-state index in [9.17, 15) is 0 Å². The minimum atomic E-state index is 0.504. The second kappa shape index (κ2) is 8.31. The molecular weight excluding hydrogens is 342 g/mol. The third-order valence-corrected chi connectivity index (χ3v) is 5.56. The van der Waals surface area contributed by atoms with Gasteiger partial charge in [-0.2, -0.15) is 0 Å². The molecule has 0 radical (unpaired) electrons. The van der Waals surface area contributed by atoms with Crippen LogP contribution >= 0.6 is 0 Å². The van der Waals surface area contributed by atoms with Gasteiger partial charge in [-0.15, -0.1) is 0 Å². The highest BCUT2D eigenvalue weighted by Gasteiger charge is 2.29. The molecule has 0 amide bonds. The van der Waals surface area contributed by atoms with Gasteiger partial charge in [0.25, 0.3) is 0 Å². The van der Waals surface area contributed by atoms with Crippen molar-refractivity contribution in [2.75, 3.05) is 42.3 Å². The number of rotatable bonds is 6. The molecule has 0 saturated carbocycles. The standard InChI is InChI=1S/C21H27N3OS/c26-11-8-19-12-20(22-18-6-9-25-10-7-18)13-21(23-19)24-14-17(15-24)16-4-2-1-3-5-16/h1-5,12-13,17-18,26H,6-11,14-15H2,(H,22,23)/p+1. The van der Waals surface area contributed by atoms with Gasteiger partial charge in [0.1, 0.15) is 11.6 Å². The molecule has 1 N–H and O–H groups in total. The highest BCUT2D eigenvalue weighted by molar-refractivity contribution is 7.58. The number of nitrogens with zero attached hydrogens (tertiary/aromatic N) is 2. The molecule has 0 atom stereocenters. The first-order valence-electron chi connectivity index (χ1n) is 9.61. The van der Waals surface area contributed by atoms with Crippen molar-refractivity contribution in [2.45, 2.75) is 31.2 Å². The number of ether oxygens (including phenoxy) is 1. The summed E-state index contributed by atoms with van der Waals surface area (Å²) >= 11 is 3.60. The molecule has 2 saturated heterocycles. The summed E-state index contributed by atoms with van der Waals surface area (Å²) in [6.45, 7) is 3.80. The smallest absolute Gasteiger partial charge is 0.130 e. The van der Waals surface area contributed by atoms with Crippen molar-refractivity contribution < 1.29 is 4.74 Å². The molecule has 4 nitrogen and oxygen atoms in total. The van der Waals surface area contributed by atoms with Gasteiger partial charge in [0.2, 0.25) is 0 Å². The Balaban J connectivity index is 1.46. The molecule has 4 rings (SSSR count). The van der Waals surface area contributed by atoms with Crippen LogP contribution in [0.5, 0.6) is 0 Å². The Morgan fingerprint density at radius 2 is 1.88 bits per heavy atom. The number of benzene rings is 1. The van der Waals surface area contributed by atoms with Crippen molar-refractivity contribution in [1.82, 2.24) is 4.98 Å². The van der Waals surface area contributed by atoms with Crippen LogP contribution in [0.1, 0.15) is 30.0 Å². The molecule has 1 aromatic heterocycles. The summed E-state index contributed by atoms with van der Waals surface area (Å²) in [5, 5.41) is 3.70. The van der Waals surface area contributed by atoms with E-state index in [1.165, 1.54) is 11.3 Å². The molecule has 3 heterocycles. The first-order chi connectivity index (χ1) is 12.8. The quantitative estimate of drug-likeness (QED) is 0.794. The molecule has 0 unspecified atom stereocenters. The molecular formula is C21H28N3OS+. The molecule has 138 valence electrons. The van der Waals surface area contributed by atoms with Crippen LogP contribution in [0.15, 0.2) is 42.5 Å². The van der Waals surface area contributed by atoms with Crippen LogP contribution in [-0.4, -0.2) is 43.1 Å². The number of aryl methyl sites for hydroxylation is 1. The lowest BCUT2D eigenvalue weighted by Gasteiger charge is -2.41. The molecule has 2 aromatic rings. The normalized spacial score (nSPS) is 18.6. The second-order valence-electron chi connectivity index (χ2n) is 7.25. The number of hydrogen-bond donors (Lipinski definition) is 1. The van der Waals surface area contributed by atoms with Crippen LogP contribution in [0.25, 0.3) is 0 Å². The van der Waals surface area contributed by atoms with Crippen molar-refractivity contribution in [1.29, 1.82) is 0 Å². The maximum Gasteiger partial charge on any atom is 0.130 e. The first-order valence-corrected chi connectivity index (χ1v) is 10.3. The summed E-state index contributed by atoms with van der Waals surface area (Å²) in [7, 11) is 0. The minimum Gasteiger partial charge on any atom is -0.382 e. The fourth-order valence-corrected chi connectivity index (χ4v) is 4.01. The topological polar surface area (TPSA) is 37.4 Å². The van der Waals surface area contributed by atoms with Crippen molar-refractivity contribution in [3.05, 3.63) is 53.7 Å². The Labute approximate surface area is 161 Å². The van der Waals surface area contributed by atoms with Gasteiger partial charge in [0.05, 0.1) is 0 Å². The minimum absolute atomic E-state index is 0.504. The molecule has 0 bridgehead atoms. The van der Waals surface area contributed by atoms with E-state index in [1.807, 2.05) is 0 Å². The SMILES string of the molecule is [SH2+]CCc1cc(NC2CCOCC2)cc(N2CC(c3ccccc3)C2)n1. The highest BCUT2D eigenvalue weighted by atomic mass is 32.1. The van der Waals surface area contributed by atoms with E-state index in [2.05, 4.69) is 65.3 Å². The lowest BCUT2D eigenvalue weighted by molar-refractivity contribution is 0.0904. The van der Waals surface area contributed by atoms with E-state index >= 15 is 0 Å². The monoisotopic (exact) mass is 370 g/mol. The van der Waals surface area contributed by atoms with Crippen molar-refractivity contribution >= 4 is 24.1 Å². The van der Waals surface area contributed by atoms with E-state index in [0.29, 0.717) is 12.0 Å². The lowest BCUT2D eigenvalue weighted by atomic mass is 9.91. The first kappa shape index (κ1) is 17.7. The predicted molar refractivity (Wildman–Crippen MR) is 112 cm³/mol. The van der Waals surface area contributed by atoms with E-state index in [1.54, 1.807) is 0 Å². The molecule has 26 heavy (non-hydrogen) atoms. The lowest BCUT2D eigenvalue weighted by Crippen LogP contribution is -2.45. The summed E-state index contributed by atoms with van der Waals surface area (Å²) in [5.41, 5.74) is 3.77. The van der Waals surface area contributed by atoms with Crippen LogP contribution in [0.4, 0.5) is 11.5 Å². The molecule has 2 aliphatic heterocycles. The number of pyridine rings is 1. The number of anilines is 2. The second-order valence-corrected chi connectivity index (χ2v) is 7.75. The van der Waals surface area contributed by atoms with Crippen LogP contribution in [-0.2, 0) is 23.8 Å². The van der Waals surface area contributed by atoms with Gasteiger partial charge in [0, 0.05) is 62.1 Å². The van der Waals surface area contributed by atoms with Gasteiger partial charge in [-0.05, 0) is 37.1 Å².